The molecule has 5 nitrogen and oxygen atoms in total. The van der Waals surface area contributed by atoms with E-state index in [-0.39, 0.29) is 5.56 Å². The summed E-state index contributed by atoms with van der Waals surface area (Å²) in [5.41, 5.74) is 0.313. The van der Waals surface area contributed by atoms with Crippen LogP contribution in [0.5, 0.6) is 11.5 Å². The number of halogens is 2. The van der Waals surface area contributed by atoms with Gasteiger partial charge >= 0.3 is 5.97 Å². The third-order valence-electron chi connectivity index (χ3n) is 3.48. The molecule has 0 radical (unpaired) electrons. The van der Waals surface area contributed by atoms with Gasteiger partial charge in [-0.15, -0.1) is 0 Å². The molecule has 0 unspecified atom stereocenters. The summed E-state index contributed by atoms with van der Waals surface area (Å²) < 4.78 is 41.8. The SMILES string of the molecule is CCOc1ccc(/C=C/C(=O)OCC(=O)c2ccc(F)cc2F)cc1OC. The van der Waals surface area contributed by atoms with Gasteiger partial charge in [-0.25, -0.2) is 13.6 Å². The van der Waals surface area contributed by atoms with E-state index < -0.39 is 30.0 Å². The highest BCUT2D eigenvalue weighted by molar-refractivity contribution is 5.99. The largest absolute Gasteiger partial charge is 0.493 e. The van der Waals surface area contributed by atoms with Crippen LogP contribution < -0.4 is 9.47 Å². The second-order valence-electron chi connectivity index (χ2n) is 5.33. The Morgan fingerprint density at radius 1 is 1.07 bits per heavy atom. The van der Waals surface area contributed by atoms with E-state index in [1.807, 2.05) is 6.92 Å². The molecule has 2 aromatic rings. The fraction of sp³-hybridized carbons (Fsp3) is 0.200. The molecule has 0 aliphatic rings. The van der Waals surface area contributed by atoms with Gasteiger partial charge in [0.15, 0.2) is 18.1 Å². The summed E-state index contributed by atoms with van der Waals surface area (Å²) >= 11 is 0. The Hall–Kier alpha value is -3.22. The fourth-order valence-electron chi connectivity index (χ4n) is 2.21. The monoisotopic (exact) mass is 376 g/mol. The van der Waals surface area contributed by atoms with Crippen LogP contribution in [0.1, 0.15) is 22.8 Å². The van der Waals surface area contributed by atoms with Gasteiger partial charge in [0, 0.05) is 12.1 Å². The highest BCUT2D eigenvalue weighted by Crippen LogP contribution is 2.28. The maximum Gasteiger partial charge on any atom is 0.331 e. The molecule has 0 aromatic heterocycles. The minimum Gasteiger partial charge on any atom is -0.493 e. The Bertz CT molecular complexity index is 861. The van der Waals surface area contributed by atoms with Crippen molar-refractivity contribution in [2.24, 2.45) is 0 Å². The standard InChI is InChI=1S/C20H18F2O5/c1-3-26-18-8-4-13(10-19(18)25-2)5-9-20(24)27-12-17(23)15-7-6-14(21)11-16(15)22/h4-11H,3,12H2,1-2H3/b9-5+. The van der Waals surface area contributed by atoms with E-state index in [0.717, 1.165) is 18.2 Å². The Kier molecular flexibility index (Phi) is 7.05. The first-order valence-corrected chi connectivity index (χ1v) is 8.08. The number of rotatable bonds is 8. The molecule has 0 spiro atoms. The molecule has 27 heavy (non-hydrogen) atoms. The van der Waals surface area contributed by atoms with Crippen LogP contribution in [0, 0.1) is 11.6 Å². The van der Waals surface area contributed by atoms with Crippen molar-refractivity contribution in [2.75, 3.05) is 20.3 Å². The molecular formula is C20H18F2O5. The Balaban J connectivity index is 1.96. The van der Waals surface area contributed by atoms with Crippen LogP contribution >= 0.6 is 0 Å². The summed E-state index contributed by atoms with van der Waals surface area (Å²) in [4.78, 5) is 23.6. The van der Waals surface area contributed by atoms with Crippen molar-refractivity contribution in [3.8, 4) is 11.5 Å². The van der Waals surface area contributed by atoms with Gasteiger partial charge < -0.3 is 14.2 Å². The second-order valence-corrected chi connectivity index (χ2v) is 5.33. The van der Waals surface area contributed by atoms with Crippen molar-refractivity contribution in [3.05, 3.63) is 65.2 Å². The summed E-state index contributed by atoms with van der Waals surface area (Å²) in [5, 5.41) is 0. The van der Waals surface area contributed by atoms with Gasteiger partial charge in [0.05, 0.1) is 19.3 Å². The lowest BCUT2D eigenvalue weighted by Crippen LogP contribution is -2.14. The fourth-order valence-corrected chi connectivity index (χ4v) is 2.21. The van der Waals surface area contributed by atoms with Gasteiger partial charge in [-0.1, -0.05) is 6.07 Å². The van der Waals surface area contributed by atoms with Crippen molar-refractivity contribution < 1.29 is 32.6 Å². The quantitative estimate of drug-likeness (QED) is 0.398. The minimum atomic E-state index is -1.01. The average Bonchev–Trinajstić information content (AvgIpc) is 2.65. The lowest BCUT2D eigenvalue weighted by molar-refractivity contribution is -0.136. The third-order valence-corrected chi connectivity index (χ3v) is 3.48. The number of hydrogen-bond acceptors (Lipinski definition) is 5. The molecule has 0 aliphatic heterocycles. The zero-order valence-electron chi connectivity index (χ0n) is 14.8. The number of ketones is 1. The molecular weight excluding hydrogens is 358 g/mol. The van der Waals surface area contributed by atoms with Gasteiger partial charge in [-0.2, -0.15) is 0 Å². The van der Waals surface area contributed by atoms with Crippen molar-refractivity contribution in [3.63, 3.8) is 0 Å². The number of hydrogen-bond donors (Lipinski definition) is 0. The van der Waals surface area contributed by atoms with Crippen molar-refractivity contribution in [2.45, 2.75) is 6.92 Å². The van der Waals surface area contributed by atoms with E-state index in [1.165, 1.54) is 13.2 Å². The third kappa shape index (κ3) is 5.64. The molecule has 2 rings (SSSR count). The number of methoxy groups -OCH3 is 1. The first-order valence-electron chi connectivity index (χ1n) is 8.08. The topological polar surface area (TPSA) is 61.8 Å². The first-order chi connectivity index (χ1) is 12.9. The normalized spacial score (nSPS) is 10.7. The minimum absolute atomic E-state index is 0.343. The predicted molar refractivity (Wildman–Crippen MR) is 94.8 cm³/mol. The molecule has 0 bridgehead atoms. The summed E-state index contributed by atoms with van der Waals surface area (Å²) in [6.45, 7) is 1.68. The van der Waals surface area contributed by atoms with Gasteiger partial charge in [0.2, 0.25) is 5.78 Å². The Morgan fingerprint density at radius 3 is 2.52 bits per heavy atom. The molecule has 0 heterocycles. The predicted octanol–water partition coefficient (Wildman–Crippen LogP) is 3.81. The van der Waals surface area contributed by atoms with E-state index in [4.69, 9.17) is 14.2 Å². The zero-order chi connectivity index (χ0) is 19.8. The lowest BCUT2D eigenvalue weighted by atomic mass is 10.1. The van der Waals surface area contributed by atoms with E-state index in [9.17, 15) is 18.4 Å². The van der Waals surface area contributed by atoms with Crippen molar-refractivity contribution in [1.29, 1.82) is 0 Å². The number of esters is 1. The molecule has 142 valence electrons. The summed E-state index contributed by atoms with van der Waals surface area (Å²) in [6.07, 6.45) is 2.60. The number of benzene rings is 2. The summed E-state index contributed by atoms with van der Waals surface area (Å²) in [5.74, 6) is -2.26. The van der Waals surface area contributed by atoms with Gasteiger partial charge in [-0.05, 0) is 42.8 Å². The van der Waals surface area contributed by atoms with Gasteiger partial charge in [0.25, 0.3) is 0 Å². The summed E-state index contributed by atoms with van der Waals surface area (Å²) in [6, 6.07) is 7.65. The number of carbonyl (C=O) groups excluding carboxylic acids is 2. The average molecular weight is 376 g/mol. The van der Waals surface area contributed by atoms with Gasteiger partial charge in [0.1, 0.15) is 11.6 Å². The summed E-state index contributed by atoms with van der Waals surface area (Å²) in [7, 11) is 1.50. The Labute approximate surface area is 155 Å². The highest BCUT2D eigenvalue weighted by Gasteiger charge is 2.14. The highest BCUT2D eigenvalue weighted by atomic mass is 19.1. The smallest absolute Gasteiger partial charge is 0.331 e. The zero-order valence-corrected chi connectivity index (χ0v) is 14.8. The molecule has 0 atom stereocenters. The second kappa shape index (κ2) is 9.47. The number of Topliss-reactive ketones (excluding diaryl/α,β-unsaturated/α-hetero) is 1. The van der Waals surface area contributed by atoms with Crippen molar-refractivity contribution >= 4 is 17.8 Å². The van der Waals surface area contributed by atoms with Crippen LogP contribution in [0.3, 0.4) is 0 Å². The molecule has 0 N–H and O–H groups in total. The molecule has 0 amide bonds. The van der Waals surface area contributed by atoms with Crippen LogP contribution in [0.15, 0.2) is 42.5 Å². The Morgan fingerprint density at radius 2 is 1.85 bits per heavy atom. The van der Waals surface area contributed by atoms with Crippen LogP contribution in [-0.2, 0) is 9.53 Å². The van der Waals surface area contributed by atoms with E-state index in [2.05, 4.69) is 0 Å². The molecule has 2 aromatic carbocycles. The maximum absolute atomic E-state index is 13.5. The molecule has 0 saturated carbocycles. The molecule has 0 aliphatic carbocycles. The van der Waals surface area contributed by atoms with Crippen LogP contribution in [0.4, 0.5) is 8.78 Å². The van der Waals surface area contributed by atoms with E-state index in [0.29, 0.717) is 29.7 Å². The number of carbonyl (C=O) groups is 2. The van der Waals surface area contributed by atoms with Crippen LogP contribution in [0.2, 0.25) is 0 Å². The van der Waals surface area contributed by atoms with Crippen LogP contribution in [0.25, 0.3) is 6.08 Å². The maximum atomic E-state index is 13.5. The lowest BCUT2D eigenvalue weighted by Gasteiger charge is -2.09. The van der Waals surface area contributed by atoms with E-state index >= 15 is 0 Å². The van der Waals surface area contributed by atoms with Crippen LogP contribution in [-0.4, -0.2) is 32.1 Å². The number of ether oxygens (including phenoxy) is 3. The van der Waals surface area contributed by atoms with E-state index in [1.54, 1.807) is 18.2 Å². The first kappa shape index (κ1) is 20.1. The van der Waals surface area contributed by atoms with Gasteiger partial charge in [-0.3, -0.25) is 4.79 Å². The molecule has 7 heteroatoms. The molecule has 0 fully saturated rings. The molecule has 0 saturated heterocycles. The van der Waals surface area contributed by atoms with Crippen molar-refractivity contribution in [1.82, 2.24) is 0 Å².